The zero-order valence-corrected chi connectivity index (χ0v) is 21.6. The number of amides is 1. The predicted molar refractivity (Wildman–Crippen MR) is 138 cm³/mol. The summed E-state index contributed by atoms with van der Waals surface area (Å²) in [6, 6.07) is 13.6. The van der Waals surface area contributed by atoms with Gasteiger partial charge in [0, 0.05) is 44.3 Å². The summed E-state index contributed by atoms with van der Waals surface area (Å²) in [6.45, 7) is 6.81. The number of hydrogen-bond acceptors (Lipinski definition) is 8. The standard InChI is InChI=1S/C27H30N6O4/c1-27(2,3)37-26(34)33-13-18(14-33)21-9-10-22(30-29-21)19-7-6-17(12-25(19)36-16-35-5)20-8-11-23-24(28-20)15-32(4)31-23/h6-12,15,18H,13-14,16H2,1-5H3. The van der Waals surface area contributed by atoms with E-state index >= 15 is 0 Å². The Hall–Kier alpha value is -4.05. The Balaban J connectivity index is 1.34. The topological polar surface area (TPSA) is 104 Å². The van der Waals surface area contributed by atoms with Crippen LogP contribution in [0.25, 0.3) is 33.5 Å². The molecule has 1 aromatic carbocycles. The summed E-state index contributed by atoms with van der Waals surface area (Å²) < 4.78 is 18.2. The van der Waals surface area contributed by atoms with E-state index < -0.39 is 5.60 Å². The van der Waals surface area contributed by atoms with Gasteiger partial charge in [-0.1, -0.05) is 6.07 Å². The Morgan fingerprint density at radius 2 is 1.81 bits per heavy atom. The number of hydrogen-bond donors (Lipinski definition) is 0. The van der Waals surface area contributed by atoms with Gasteiger partial charge >= 0.3 is 6.09 Å². The molecule has 37 heavy (non-hydrogen) atoms. The summed E-state index contributed by atoms with van der Waals surface area (Å²) in [5.41, 5.74) is 5.20. The number of nitrogens with zero attached hydrogens (tertiary/aromatic N) is 6. The Kier molecular flexibility index (Phi) is 6.51. The second-order valence-corrected chi connectivity index (χ2v) is 10.1. The molecular weight excluding hydrogens is 472 g/mol. The van der Waals surface area contributed by atoms with Gasteiger partial charge in [0.2, 0.25) is 0 Å². The molecule has 0 saturated carbocycles. The van der Waals surface area contributed by atoms with Gasteiger partial charge in [0.15, 0.2) is 6.79 Å². The van der Waals surface area contributed by atoms with Gasteiger partial charge in [-0.2, -0.15) is 15.3 Å². The first kappa shape index (κ1) is 24.6. The summed E-state index contributed by atoms with van der Waals surface area (Å²) in [6.07, 6.45) is 1.59. The smallest absolute Gasteiger partial charge is 0.410 e. The van der Waals surface area contributed by atoms with Gasteiger partial charge in [-0.3, -0.25) is 4.68 Å². The van der Waals surface area contributed by atoms with E-state index in [0.29, 0.717) is 24.5 Å². The van der Waals surface area contributed by atoms with E-state index in [-0.39, 0.29) is 18.8 Å². The van der Waals surface area contributed by atoms with Crippen molar-refractivity contribution in [2.45, 2.75) is 32.3 Å². The van der Waals surface area contributed by atoms with Crippen molar-refractivity contribution >= 4 is 17.1 Å². The number of methoxy groups -OCH3 is 1. The molecule has 4 aromatic rings. The molecule has 0 atom stereocenters. The van der Waals surface area contributed by atoms with Crippen LogP contribution < -0.4 is 4.74 Å². The first-order chi connectivity index (χ1) is 17.7. The van der Waals surface area contributed by atoms with Crippen LogP contribution in [0, 0.1) is 0 Å². The predicted octanol–water partition coefficient (Wildman–Crippen LogP) is 4.41. The molecule has 1 aliphatic rings. The van der Waals surface area contributed by atoms with Gasteiger partial charge in [-0.15, -0.1) is 0 Å². The molecule has 5 rings (SSSR count). The van der Waals surface area contributed by atoms with E-state index in [0.717, 1.165) is 33.5 Å². The van der Waals surface area contributed by atoms with Crippen LogP contribution in [-0.2, 0) is 16.5 Å². The van der Waals surface area contributed by atoms with Crippen LogP contribution in [0.2, 0.25) is 0 Å². The zero-order valence-electron chi connectivity index (χ0n) is 21.6. The van der Waals surface area contributed by atoms with Crippen LogP contribution in [0.15, 0.2) is 48.7 Å². The Labute approximate surface area is 215 Å². The molecule has 4 heterocycles. The fraction of sp³-hybridized carbons (Fsp3) is 0.370. The van der Waals surface area contributed by atoms with Crippen LogP contribution in [0.5, 0.6) is 5.75 Å². The minimum Gasteiger partial charge on any atom is -0.467 e. The fourth-order valence-electron chi connectivity index (χ4n) is 4.16. The van der Waals surface area contributed by atoms with Crippen LogP contribution in [-0.4, -0.2) is 68.5 Å². The van der Waals surface area contributed by atoms with E-state index in [2.05, 4.69) is 15.3 Å². The van der Waals surface area contributed by atoms with Crippen molar-refractivity contribution in [2.75, 3.05) is 27.0 Å². The van der Waals surface area contributed by atoms with Crippen LogP contribution in [0.1, 0.15) is 32.4 Å². The average molecular weight is 503 g/mol. The van der Waals surface area contributed by atoms with Gasteiger partial charge in [-0.05, 0) is 57.2 Å². The second-order valence-electron chi connectivity index (χ2n) is 10.1. The number of aryl methyl sites for hydroxylation is 1. The maximum Gasteiger partial charge on any atom is 0.410 e. The molecule has 10 heteroatoms. The first-order valence-electron chi connectivity index (χ1n) is 12.1. The lowest BCUT2D eigenvalue weighted by molar-refractivity contribution is 0.00780. The largest absolute Gasteiger partial charge is 0.467 e. The summed E-state index contributed by atoms with van der Waals surface area (Å²) >= 11 is 0. The minimum atomic E-state index is -0.511. The normalized spacial score (nSPS) is 14.0. The van der Waals surface area contributed by atoms with Crippen molar-refractivity contribution in [3.05, 3.63) is 54.4 Å². The number of pyridine rings is 1. The lowest BCUT2D eigenvalue weighted by Gasteiger charge is -2.39. The van der Waals surface area contributed by atoms with Crippen molar-refractivity contribution in [1.29, 1.82) is 0 Å². The van der Waals surface area contributed by atoms with Gasteiger partial charge in [0.1, 0.15) is 22.4 Å². The molecule has 10 nitrogen and oxygen atoms in total. The maximum absolute atomic E-state index is 12.2. The highest BCUT2D eigenvalue weighted by molar-refractivity contribution is 5.79. The third-order valence-corrected chi connectivity index (χ3v) is 6.00. The number of ether oxygens (including phenoxy) is 3. The number of carbonyl (C=O) groups is 1. The van der Waals surface area contributed by atoms with E-state index in [4.69, 9.17) is 19.2 Å². The molecule has 3 aromatic heterocycles. The van der Waals surface area contributed by atoms with E-state index in [1.165, 1.54) is 0 Å². The molecule has 192 valence electrons. The fourth-order valence-corrected chi connectivity index (χ4v) is 4.16. The molecule has 1 aliphatic heterocycles. The molecule has 0 bridgehead atoms. The highest BCUT2D eigenvalue weighted by atomic mass is 16.7. The van der Waals surface area contributed by atoms with E-state index in [1.54, 1.807) is 16.7 Å². The number of benzene rings is 1. The number of likely N-dealkylation sites (tertiary alicyclic amines) is 1. The molecule has 0 spiro atoms. The van der Waals surface area contributed by atoms with Crippen molar-refractivity contribution in [2.24, 2.45) is 7.05 Å². The summed E-state index contributed by atoms with van der Waals surface area (Å²) in [5.74, 6) is 0.753. The van der Waals surface area contributed by atoms with Crippen molar-refractivity contribution in [1.82, 2.24) is 29.9 Å². The van der Waals surface area contributed by atoms with Crippen LogP contribution in [0.4, 0.5) is 4.79 Å². The zero-order chi connectivity index (χ0) is 26.2. The highest BCUT2D eigenvalue weighted by Gasteiger charge is 2.35. The van der Waals surface area contributed by atoms with Crippen molar-refractivity contribution < 1.29 is 19.0 Å². The summed E-state index contributed by atoms with van der Waals surface area (Å²) in [7, 11) is 3.45. The Morgan fingerprint density at radius 3 is 2.51 bits per heavy atom. The van der Waals surface area contributed by atoms with E-state index in [9.17, 15) is 4.79 Å². The molecule has 1 saturated heterocycles. The molecule has 0 radical (unpaired) electrons. The minimum absolute atomic E-state index is 0.0968. The van der Waals surface area contributed by atoms with Gasteiger partial charge < -0.3 is 19.1 Å². The molecule has 0 aliphatic carbocycles. The van der Waals surface area contributed by atoms with E-state index in [1.807, 2.05) is 76.5 Å². The highest BCUT2D eigenvalue weighted by Crippen LogP contribution is 2.34. The molecule has 0 N–H and O–H groups in total. The number of aromatic nitrogens is 5. The second kappa shape index (κ2) is 9.78. The molecular formula is C27H30N6O4. The first-order valence-corrected chi connectivity index (χ1v) is 12.1. The van der Waals surface area contributed by atoms with Crippen LogP contribution >= 0.6 is 0 Å². The quantitative estimate of drug-likeness (QED) is 0.357. The lowest BCUT2D eigenvalue weighted by Crippen LogP contribution is -2.50. The monoisotopic (exact) mass is 502 g/mol. The molecule has 1 amide bonds. The van der Waals surface area contributed by atoms with Gasteiger partial charge in [-0.25, -0.2) is 9.78 Å². The third kappa shape index (κ3) is 5.39. The molecule has 0 unspecified atom stereocenters. The Bertz CT molecular complexity index is 1420. The molecule has 1 fully saturated rings. The number of carbonyl (C=O) groups excluding carboxylic acids is 1. The Morgan fingerprint density at radius 1 is 1.03 bits per heavy atom. The summed E-state index contributed by atoms with van der Waals surface area (Å²) in [5, 5.41) is 13.3. The SMILES string of the molecule is COCOc1cc(-c2ccc3nn(C)cc3n2)ccc1-c1ccc(C2CN(C(=O)OC(C)(C)C)C2)nn1. The number of fused-ring (bicyclic) bond motifs is 1. The van der Waals surface area contributed by atoms with Crippen molar-refractivity contribution in [3.8, 4) is 28.3 Å². The van der Waals surface area contributed by atoms with Gasteiger partial charge in [0.25, 0.3) is 0 Å². The summed E-state index contributed by atoms with van der Waals surface area (Å²) in [4.78, 5) is 18.6. The lowest BCUT2D eigenvalue weighted by atomic mass is 9.96. The maximum atomic E-state index is 12.2. The number of rotatable bonds is 6. The third-order valence-electron chi connectivity index (χ3n) is 6.00. The van der Waals surface area contributed by atoms with Crippen molar-refractivity contribution in [3.63, 3.8) is 0 Å². The van der Waals surface area contributed by atoms with Crippen LogP contribution in [0.3, 0.4) is 0 Å². The average Bonchev–Trinajstić information content (AvgIpc) is 3.20. The van der Waals surface area contributed by atoms with Gasteiger partial charge in [0.05, 0.1) is 23.3 Å².